The van der Waals surface area contributed by atoms with Gasteiger partial charge in [-0.2, -0.15) is 0 Å². The van der Waals surface area contributed by atoms with E-state index >= 15 is 0 Å². The van der Waals surface area contributed by atoms with Crippen molar-refractivity contribution in [2.45, 2.75) is 38.1 Å². The second-order valence-electron chi connectivity index (χ2n) is 7.75. The second kappa shape index (κ2) is 8.98. The summed E-state index contributed by atoms with van der Waals surface area (Å²) in [6, 6.07) is 14.0. The highest BCUT2D eigenvalue weighted by molar-refractivity contribution is 6.10. The van der Waals surface area contributed by atoms with Crippen molar-refractivity contribution in [3.8, 4) is 0 Å². The molecular weight excluding hydrogens is 380 g/mol. The Kier molecular flexibility index (Phi) is 5.97. The molecule has 3 N–H and O–H groups in total. The molecule has 2 aromatic rings. The number of hydrogen-bond donors (Lipinski definition) is 3. The predicted octanol–water partition coefficient (Wildman–Crippen LogP) is 3.15. The number of carbonyl (C=O) groups is 3. The van der Waals surface area contributed by atoms with Crippen LogP contribution < -0.4 is 20.9 Å². The summed E-state index contributed by atoms with van der Waals surface area (Å²) < 4.78 is 0. The molecule has 0 aromatic heterocycles. The molecule has 7 nitrogen and oxygen atoms in total. The summed E-state index contributed by atoms with van der Waals surface area (Å²) in [7, 11) is 0. The number of hydrogen-bond acceptors (Lipinski definition) is 4. The summed E-state index contributed by atoms with van der Waals surface area (Å²) in [5.41, 5.74) is 2.76. The van der Waals surface area contributed by atoms with Gasteiger partial charge in [0, 0.05) is 30.9 Å². The van der Waals surface area contributed by atoms with Gasteiger partial charge in [0.15, 0.2) is 0 Å². The molecule has 4 rings (SSSR count). The standard InChI is InChI=1S/C23H26N4O3/c28-21(24-16-7-6-8-17(15-16)27-13-4-1-5-14-27)12-11-20-23(30)25-19-10-3-2-9-18(19)22(29)26-20/h2-3,6-10,15,20H,1,4-5,11-14H2,(H,24,28)(H,25,30)(H,26,29). The SMILES string of the molecule is O=C(CCC1NC(=O)c2ccccc2NC1=O)Nc1cccc(N2CCCCC2)c1. The van der Waals surface area contributed by atoms with E-state index < -0.39 is 6.04 Å². The monoisotopic (exact) mass is 406 g/mol. The minimum atomic E-state index is -0.754. The lowest BCUT2D eigenvalue weighted by Gasteiger charge is -2.29. The van der Waals surface area contributed by atoms with Crippen molar-refractivity contribution < 1.29 is 14.4 Å². The Bertz CT molecular complexity index is 953. The van der Waals surface area contributed by atoms with Gasteiger partial charge in [-0.1, -0.05) is 18.2 Å². The third-order valence-corrected chi connectivity index (χ3v) is 5.56. The number of para-hydroxylation sites is 1. The van der Waals surface area contributed by atoms with Gasteiger partial charge in [-0.15, -0.1) is 0 Å². The van der Waals surface area contributed by atoms with Crippen LogP contribution in [0.5, 0.6) is 0 Å². The fraction of sp³-hybridized carbons (Fsp3) is 0.348. The maximum Gasteiger partial charge on any atom is 0.254 e. The zero-order valence-corrected chi connectivity index (χ0v) is 16.8. The van der Waals surface area contributed by atoms with E-state index in [4.69, 9.17) is 0 Å². The van der Waals surface area contributed by atoms with Crippen LogP contribution in [0.2, 0.25) is 0 Å². The van der Waals surface area contributed by atoms with Crippen LogP contribution >= 0.6 is 0 Å². The summed E-state index contributed by atoms with van der Waals surface area (Å²) in [6.45, 7) is 2.08. The molecule has 156 valence electrons. The third-order valence-electron chi connectivity index (χ3n) is 5.56. The van der Waals surface area contributed by atoms with Gasteiger partial charge in [0.2, 0.25) is 11.8 Å². The molecule has 0 spiro atoms. The van der Waals surface area contributed by atoms with Gasteiger partial charge >= 0.3 is 0 Å². The van der Waals surface area contributed by atoms with Gasteiger partial charge in [-0.3, -0.25) is 14.4 Å². The van der Waals surface area contributed by atoms with Crippen molar-refractivity contribution in [1.29, 1.82) is 0 Å². The van der Waals surface area contributed by atoms with E-state index in [1.54, 1.807) is 24.3 Å². The molecule has 0 radical (unpaired) electrons. The van der Waals surface area contributed by atoms with Crippen molar-refractivity contribution in [2.75, 3.05) is 28.6 Å². The van der Waals surface area contributed by atoms with Crippen LogP contribution in [0.4, 0.5) is 17.1 Å². The molecule has 1 atom stereocenters. The maximum atomic E-state index is 12.5. The Balaban J connectivity index is 1.34. The number of benzene rings is 2. The number of fused-ring (bicyclic) bond motifs is 1. The zero-order chi connectivity index (χ0) is 20.9. The van der Waals surface area contributed by atoms with E-state index in [1.807, 2.05) is 18.2 Å². The Morgan fingerprint density at radius 1 is 1.03 bits per heavy atom. The van der Waals surface area contributed by atoms with Gasteiger partial charge in [0.1, 0.15) is 6.04 Å². The minimum absolute atomic E-state index is 0.128. The first-order valence-corrected chi connectivity index (χ1v) is 10.5. The van der Waals surface area contributed by atoms with Crippen LogP contribution in [0.15, 0.2) is 48.5 Å². The normalized spacial score (nSPS) is 18.7. The third kappa shape index (κ3) is 4.62. The van der Waals surface area contributed by atoms with Crippen molar-refractivity contribution >= 4 is 34.8 Å². The van der Waals surface area contributed by atoms with Gasteiger partial charge in [0.05, 0.1) is 11.3 Å². The molecule has 0 bridgehead atoms. The Hall–Kier alpha value is -3.35. The van der Waals surface area contributed by atoms with E-state index in [2.05, 4.69) is 26.9 Å². The highest BCUT2D eigenvalue weighted by atomic mass is 16.2. The Morgan fingerprint density at radius 3 is 2.67 bits per heavy atom. The number of nitrogens with zero attached hydrogens (tertiary/aromatic N) is 1. The van der Waals surface area contributed by atoms with Crippen LogP contribution in [0.1, 0.15) is 42.5 Å². The van der Waals surface area contributed by atoms with Crippen LogP contribution in [-0.2, 0) is 9.59 Å². The number of anilines is 3. The van der Waals surface area contributed by atoms with Crippen molar-refractivity contribution in [2.24, 2.45) is 0 Å². The summed E-state index contributed by atoms with van der Waals surface area (Å²) >= 11 is 0. The van der Waals surface area contributed by atoms with Crippen molar-refractivity contribution in [3.05, 3.63) is 54.1 Å². The first-order chi connectivity index (χ1) is 14.6. The fourth-order valence-corrected chi connectivity index (χ4v) is 3.95. The van der Waals surface area contributed by atoms with E-state index in [0.29, 0.717) is 11.3 Å². The second-order valence-corrected chi connectivity index (χ2v) is 7.75. The van der Waals surface area contributed by atoms with Crippen LogP contribution in [-0.4, -0.2) is 36.9 Å². The molecule has 1 unspecified atom stereocenters. The largest absolute Gasteiger partial charge is 0.371 e. The predicted molar refractivity (Wildman–Crippen MR) is 117 cm³/mol. The lowest BCUT2D eigenvalue weighted by molar-refractivity contribution is -0.118. The molecular formula is C23H26N4O3. The van der Waals surface area contributed by atoms with Crippen LogP contribution in [0.3, 0.4) is 0 Å². The summed E-state index contributed by atoms with van der Waals surface area (Å²) in [4.78, 5) is 39.6. The van der Waals surface area contributed by atoms with E-state index in [1.165, 1.54) is 19.3 Å². The summed E-state index contributed by atoms with van der Waals surface area (Å²) in [6.07, 6.45) is 4.00. The molecule has 0 saturated carbocycles. The topological polar surface area (TPSA) is 90.5 Å². The molecule has 2 aliphatic rings. The Morgan fingerprint density at radius 2 is 1.83 bits per heavy atom. The molecule has 30 heavy (non-hydrogen) atoms. The minimum Gasteiger partial charge on any atom is -0.371 e. The maximum absolute atomic E-state index is 12.5. The van der Waals surface area contributed by atoms with E-state index in [-0.39, 0.29) is 30.6 Å². The molecule has 1 saturated heterocycles. The molecule has 2 aliphatic heterocycles. The molecule has 1 fully saturated rings. The lowest BCUT2D eigenvalue weighted by atomic mass is 10.1. The summed E-state index contributed by atoms with van der Waals surface area (Å²) in [5.74, 6) is -0.814. The van der Waals surface area contributed by atoms with Gasteiger partial charge in [0.25, 0.3) is 5.91 Å². The number of nitrogens with one attached hydrogen (secondary N) is 3. The average molecular weight is 406 g/mol. The molecule has 3 amide bonds. The van der Waals surface area contributed by atoms with Crippen LogP contribution in [0.25, 0.3) is 0 Å². The smallest absolute Gasteiger partial charge is 0.254 e. The van der Waals surface area contributed by atoms with Gasteiger partial charge in [-0.25, -0.2) is 0 Å². The highest BCUT2D eigenvalue weighted by Crippen LogP contribution is 2.23. The van der Waals surface area contributed by atoms with Gasteiger partial charge < -0.3 is 20.9 Å². The van der Waals surface area contributed by atoms with E-state index in [0.717, 1.165) is 24.5 Å². The number of amides is 3. The summed E-state index contributed by atoms with van der Waals surface area (Å²) in [5, 5.41) is 8.39. The van der Waals surface area contributed by atoms with E-state index in [9.17, 15) is 14.4 Å². The molecule has 2 aromatic carbocycles. The highest BCUT2D eigenvalue weighted by Gasteiger charge is 2.27. The zero-order valence-electron chi connectivity index (χ0n) is 16.8. The van der Waals surface area contributed by atoms with Crippen molar-refractivity contribution in [3.63, 3.8) is 0 Å². The first-order valence-electron chi connectivity index (χ1n) is 10.5. The molecule has 7 heteroatoms. The first kappa shape index (κ1) is 19.9. The lowest BCUT2D eigenvalue weighted by Crippen LogP contribution is -2.41. The number of rotatable bonds is 5. The molecule has 0 aliphatic carbocycles. The van der Waals surface area contributed by atoms with Crippen molar-refractivity contribution in [1.82, 2.24) is 5.32 Å². The van der Waals surface area contributed by atoms with Gasteiger partial charge in [-0.05, 0) is 56.0 Å². The average Bonchev–Trinajstić information content (AvgIpc) is 2.89. The fourth-order valence-electron chi connectivity index (χ4n) is 3.95. The number of piperidine rings is 1. The Labute approximate surface area is 175 Å². The van der Waals surface area contributed by atoms with Crippen LogP contribution in [0, 0.1) is 0 Å². The molecule has 2 heterocycles. The quantitative estimate of drug-likeness (QED) is 0.712. The number of carbonyl (C=O) groups excluding carboxylic acids is 3.